The number of amides is 1. The number of rotatable bonds is 5. The maximum Gasteiger partial charge on any atom is 0.401 e. The van der Waals surface area contributed by atoms with Crippen molar-refractivity contribution in [2.24, 2.45) is 5.92 Å². The van der Waals surface area contributed by atoms with Gasteiger partial charge in [-0.1, -0.05) is 0 Å². The molecule has 0 radical (unpaired) electrons. The summed E-state index contributed by atoms with van der Waals surface area (Å²) >= 11 is 3.54. The van der Waals surface area contributed by atoms with Crippen LogP contribution in [0.25, 0.3) is 0 Å². The van der Waals surface area contributed by atoms with Gasteiger partial charge in [0.05, 0.1) is 6.10 Å². The van der Waals surface area contributed by atoms with Crippen LogP contribution in [0.2, 0.25) is 0 Å². The van der Waals surface area contributed by atoms with Gasteiger partial charge in [0.1, 0.15) is 12.0 Å². The Morgan fingerprint density at radius 1 is 1.50 bits per heavy atom. The number of likely N-dealkylation sites (tertiary alicyclic amines) is 1. The van der Waals surface area contributed by atoms with E-state index in [1.165, 1.54) is 0 Å². The molecule has 1 rings (SSSR count). The van der Waals surface area contributed by atoms with Gasteiger partial charge in [0.2, 0.25) is 5.91 Å². The van der Waals surface area contributed by atoms with E-state index >= 15 is 0 Å². The van der Waals surface area contributed by atoms with Crippen LogP contribution in [0.15, 0.2) is 0 Å². The van der Waals surface area contributed by atoms with Gasteiger partial charge in [0, 0.05) is 25.3 Å². The molecular formula is C11H16F3NO4S. The fourth-order valence-electron chi connectivity index (χ4n) is 2.15. The maximum atomic E-state index is 12.7. The van der Waals surface area contributed by atoms with Gasteiger partial charge in [-0.3, -0.25) is 4.79 Å². The molecule has 0 bridgehead atoms. The first-order chi connectivity index (χ1) is 9.22. The third-order valence-corrected chi connectivity index (χ3v) is 3.47. The van der Waals surface area contributed by atoms with Crippen LogP contribution >= 0.6 is 12.6 Å². The highest BCUT2D eigenvalue weighted by molar-refractivity contribution is 7.80. The highest BCUT2D eigenvalue weighted by Crippen LogP contribution is 2.32. The van der Waals surface area contributed by atoms with E-state index in [1.54, 1.807) is 6.92 Å². The molecule has 20 heavy (non-hydrogen) atoms. The average molecular weight is 315 g/mol. The van der Waals surface area contributed by atoms with Gasteiger partial charge in [-0.2, -0.15) is 25.8 Å². The zero-order chi connectivity index (χ0) is 15.5. The molecule has 0 aromatic carbocycles. The van der Waals surface area contributed by atoms with Crippen LogP contribution in [0.3, 0.4) is 0 Å². The molecule has 0 saturated carbocycles. The molecular weight excluding hydrogens is 299 g/mol. The number of thiol groups is 1. The van der Waals surface area contributed by atoms with Crippen molar-refractivity contribution in [3.63, 3.8) is 0 Å². The second kappa shape index (κ2) is 6.66. The first-order valence-corrected chi connectivity index (χ1v) is 6.68. The summed E-state index contributed by atoms with van der Waals surface area (Å²) < 4.78 is 43.4. The molecule has 116 valence electrons. The molecule has 1 saturated heterocycles. The number of nitrogens with zero attached hydrogens (tertiary/aromatic N) is 1. The minimum atomic E-state index is -4.74. The molecule has 3 atom stereocenters. The Hall–Kier alpha value is -0.960. The molecule has 0 spiro atoms. The van der Waals surface area contributed by atoms with Crippen molar-refractivity contribution in [2.75, 3.05) is 18.9 Å². The number of hydrogen-bond acceptors (Lipinski definition) is 4. The van der Waals surface area contributed by atoms with Gasteiger partial charge in [0.25, 0.3) is 0 Å². The van der Waals surface area contributed by atoms with Gasteiger partial charge in [0.15, 0.2) is 0 Å². The van der Waals surface area contributed by atoms with E-state index in [0.717, 1.165) is 4.90 Å². The van der Waals surface area contributed by atoms with Crippen molar-refractivity contribution in [1.29, 1.82) is 0 Å². The molecule has 0 aromatic heterocycles. The van der Waals surface area contributed by atoms with Crippen molar-refractivity contribution in [3.05, 3.63) is 0 Å². The first kappa shape index (κ1) is 17.1. The normalized spacial score (nSPS) is 24.8. The predicted octanol–water partition coefficient (Wildman–Crippen LogP) is 1.19. The highest BCUT2D eigenvalue weighted by Gasteiger charge is 2.50. The van der Waals surface area contributed by atoms with E-state index in [2.05, 4.69) is 12.6 Å². The van der Waals surface area contributed by atoms with Gasteiger partial charge in [-0.15, -0.1) is 0 Å². The van der Waals surface area contributed by atoms with Crippen molar-refractivity contribution < 1.29 is 32.6 Å². The lowest BCUT2D eigenvalue weighted by Gasteiger charge is -2.27. The average Bonchev–Trinajstić information content (AvgIpc) is 2.72. The Bertz CT molecular complexity index is 377. The minimum absolute atomic E-state index is 0.00788. The molecule has 9 heteroatoms. The molecule has 1 amide bonds. The summed E-state index contributed by atoms with van der Waals surface area (Å²) in [5, 5.41) is 9.03. The number of hydrogen-bond donors (Lipinski definition) is 2. The summed E-state index contributed by atoms with van der Waals surface area (Å²) in [6.45, 7) is 1.84. The number of carboxylic acids is 1. The Kier molecular flexibility index (Phi) is 5.69. The third kappa shape index (κ3) is 3.78. The van der Waals surface area contributed by atoms with Gasteiger partial charge in [-0.05, 0) is 6.92 Å². The van der Waals surface area contributed by atoms with Crippen molar-refractivity contribution in [3.8, 4) is 0 Å². The lowest BCUT2D eigenvalue weighted by molar-refractivity contribution is -0.186. The fraction of sp³-hybridized carbons (Fsp3) is 0.818. The number of carbonyl (C=O) groups excluding carboxylic acids is 1. The number of carboxylic acid groups (broad SMARTS) is 1. The number of ether oxygens (including phenoxy) is 1. The van der Waals surface area contributed by atoms with E-state index in [0.29, 0.717) is 6.61 Å². The zero-order valence-electron chi connectivity index (χ0n) is 10.8. The van der Waals surface area contributed by atoms with Crippen LogP contribution in [0.1, 0.15) is 13.3 Å². The van der Waals surface area contributed by atoms with Gasteiger partial charge >= 0.3 is 12.1 Å². The molecule has 0 aromatic rings. The Labute approximate surface area is 119 Å². The fourth-order valence-corrected chi connectivity index (χ4v) is 2.52. The SMILES string of the molecule is CCO[C@@H]1C[C@@H](C(=O)O)N(C(=O)C(CS)C(F)(F)F)C1. The van der Waals surface area contributed by atoms with E-state index in [9.17, 15) is 22.8 Å². The Balaban J connectivity index is 2.91. The topological polar surface area (TPSA) is 66.8 Å². The Morgan fingerprint density at radius 2 is 2.10 bits per heavy atom. The summed E-state index contributed by atoms with van der Waals surface area (Å²) in [5.74, 6) is -5.61. The van der Waals surface area contributed by atoms with Crippen molar-refractivity contribution in [2.45, 2.75) is 31.7 Å². The number of halogens is 3. The minimum Gasteiger partial charge on any atom is -0.480 e. The predicted molar refractivity (Wildman–Crippen MR) is 66.6 cm³/mol. The smallest absolute Gasteiger partial charge is 0.401 e. The molecule has 0 aliphatic carbocycles. The summed E-state index contributed by atoms with van der Waals surface area (Å²) in [6.07, 6.45) is -5.31. The van der Waals surface area contributed by atoms with Crippen LogP contribution in [0.5, 0.6) is 0 Å². The summed E-state index contributed by atoms with van der Waals surface area (Å²) in [6, 6.07) is -1.29. The maximum absolute atomic E-state index is 12.7. The molecule has 1 heterocycles. The number of alkyl halides is 3. The van der Waals surface area contributed by atoms with E-state index in [-0.39, 0.29) is 13.0 Å². The lowest BCUT2D eigenvalue weighted by Crippen LogP contribution is -2.48. The summed E-state index contributed by atoms with van der Waals surface area (Å²) in [7, 11) is 0. The highest BCUT2D eigenvalue weighted by atomic mass is 32.1. The largest absolute Gasteiger partial charge is 0.480 e. The lowest BCUT2D eigenvalue weighted by atomic mass is 10.1. The second-order valence-electron chi connectivity index (χ2n) is 4.43. The van der Waals surface area contributed by atoms with Crippen molar-refractivity contribution >= 4 is 24.5 Å². The molecule has 5 nitrogen and oxygen atoms in total. The summed E-state index contributed by atoms with van der Waals surface area (Å²) in [5.41, 5.74) is 0. The van der Waals surface area contributed by atoms with E-state index in [4.69, 9.17) is 9.84 Å². The molecule has 1 aliphatic rings. The van der Waals surface area contributed by atoms with Crippen LogP contribution in [0, 0.1) is 5.92 Å². The van der Waals surface area contributed by atoms with Gasteiger partial charge < -0.3 is 14.7 Å². The van der Waals surface area contributed by atoms with Crippen LogP contribution < -0.4 is 0 Å². The van der Waals surface area contributed by atoms with E-state index in [1.807, 2.05) is 0 Å². The van der Waals surface area contributed by atoms with E-state index < -0.39 is 41.9 Å². The third-order valence-electron chi connectivity index (χ3n) is 3.11. The van der Waals surface area contributed by atoms with Crippen LogP contribution in [0.4, 0.5) is 13.2 Å². The van der Waals surface area contributed by atoms with Crippen molar-refractivity contribution in [1.82, 2.24) is 4.90 Å². The molecule has 1 fully saturated rings. The second-order valence-corrected chi connectivity index (χ2v) is 4.80. The Morgan fingerprint density at radius 3 is 2.50 bits per heavy atom. The first-order valence-electron chi connectivity index (χ1n) is 6.04. The standard InChI is InChI=1S/C11H16F3NO4S/c1-2-19-6-3-8(10(17)18)15(4-6)9(16)7(5-20)11(12,13)14/h6-8,20H,2-5H2,1H3,(H,17,18)/t6-,7?,8+/m1/s1. The zero-order valence-corrected chi connectivity index (χ0v) is 11.7. The number of carbonyl (C=O) groups is 2. The van der Waals surface area contributed by atoms with Crippen LogP contribution in [-0.4, -0.2) is 59.1 Å². The molecule has 1 aliphatic heterocycles. The quantitative estimate of drug-likeness (QED) is 0.748. The molecule has 1 unspecified atom stereocenters. The van der Waals surface area contributed by atoms with Crippen LogP contribution in [-0.2, 0) is 14.3 Å². The number of aliphatic carboxylic acids is 1. The molecule has 1 N–H and O–H groups in total. The monoisotopic (exact) mass is 315 g/mol. The van der Waals surface area contributed by atoms with Gasteiger partial charge in [-0.25, -0.2) is 4.79 Å². The summed E-state index contributed by atoms with van der Waals surface area (Å²) in [4.78, 5) is 23.7.